The lowest BCUT2D eigenvalue weighted by Crippen LogP contribution is -2.09. The van der Waals surface area contributed by atoms with E-state index in [1.807, 2.05) is 0 Å². The molecule has 0 fully saturated rings. The van der Waals surface area contributed by atoms with Gasteiger partial charge in [-0.3, -0.25) is 0 Å². The number of benzene rings is 1. The van der Waals surface area contributed by atoms with Crippen molar-refractivity contribution in [2.75, 3.05) is 5.73 Å². The number of alkyl halides is 3. The number of aromatic hydroxyl groups is 1. The standard InChI is InChI=1S/C7H5F4NO/c8-4-1-3(7(9,10)11)5(12)2-6(4)13/h1-2,13H,12H2. The fourth-order valence-electron chi connectivity index (χ4n) is 0.823. The molecule has 0 saturated heterocycles. The molecule has 6 heteroatoms. The van der Waals surface area contributed by atoms with Crippen LogP contribution in [-0.4, -0.2) is 5.11 Å². The van der Waals surface area contributed by atoms with Crippen LogP contribution in [0, 0.1) is 5.82 Å². The third-order valence-corrected chi connectivity index (χ3v) is 1.42. The normalized spacial score (nSPS) is 11.7. The molecule has 1 rings (SSSR count). The van der Waals surface area contributed by atoms with Gasteiger partial charge in [0.05, 0.1) is 5.56 Å². The van der Waals surface area contributed by atoms with E-state index in [0.717, 1.165) is 0 Å². The summed E-state index contributed by atoms with van der Waals surface area (Å²) >= 11 is 0. The van der Waals surface area contributed by atoms with E-state index >= 15 is 0 Å². The molecular weight excluding hydrogens is 190 g/mol. The van der Waals surface area contributed by atoms with Gasteiger partial charge in [0.2, 0.25) is 0 Å². The van der Waals surface area contributed by atoms with Crippen LogP contribution in [0.25, 0.3) is 0 Å². The first-order valence-electron chi connectivity index (χ1n) is 3.17. The molecule has 72 valence electrons. The number of anilines is 1. The topological polar surface area (TPSA) is 46.2 Å². The predicted octanol–water partition coefficient (Wildman–Crippen LogP) is 2.13. The summed E-state index contributed by atoms with van der Waals surface area (Å²) in [4.78, 5) is 0. The van der Waals surface area contributed by atoms with Crippen molar-refractivity contribution in [3.8, 4) is 5.75 Å². The third-order valence-electron chi connectivity index (χ3n) is 1.42. The summed E-state index contributed by atoms with van der Waals surface area (Å²) in [5.41, 5.74) is 2.94. The SMILES string of the molecule is Nc1cc(O)c(F)cc1C(F)(F)F. The molecule has 1 aromatic rings. The van der Waals surface area contributed by atoms with Gasteiger partial charge >= 0.3 is 6.18 Å². The van der Waals surface area contributed by atoms with Crippen LogP contribution >= 0.6 is 0 Å². The number of hydrogen-bond acceptors (Lipinski definition) is 2. The van der Waals surface area contributed by atoms with Crippen molar-refractivity contribution in [2.45, 2.75) is 6.18 Å². The summed E-state index contributed by atoms with van der Waals surface area (Å²) in [6.07, 6.45) is -4.71. The van der Waals surface area contributed by atoms with E-state index < -0.39 is 29.0 Å². The zero-order valence-corrected chi connectivity index (χ0v) is 6.19. The second-order valence-corrected chi connectivity index (χ2v) is 2.39. The predicted molar refractivity (Wildman–Crippen MR) is 37.5 cm³/mol. The van der Waals surface area contributed by atoms with Crippen molar-refractivity contribution in [1.29, 1.82) is 0 Å². The second kappa shape index (κ2) is 2.79. The number of phenolic OH excluding ortho intramolecular Hbond substituents is 1. The molecule has 0 aliphatic carbocycles. The van der Waals surface area contributed by atoms with Gasteiger partial charge in [-0.05, 0) is 6.07 Å². The summed E-state index contributed by atoms with van der Waals surface area (Å²) in [6.45, 7) is 0. The molecule has 0 amide bonds. The number of hydrogen-bond donors (Lipinski definition) is 2. The Morgan fingerprint density at radius 2 is 1.77 bits per heavy atom. The lowest BCUT2D eigenvalue weighted by atomic mass is 10.1. The van der Waals surface area contributed by atoms with Crippen molar-refractivity contribution in [3.63, 3.8) is 0 Å². The molecule has 0 aliphatic rings. The molecule has 2 nitrogen and oxygen atoms in total. The lowest BCUT2D eigenvalue weighted by Gasteiger charge is -2.09. The van der Waals surface area contributed by atoms with Crippen molar-refractivity contribution < 1.29 is 22.7 Å². The van der Waals surface area contributed by atoms with Crippen molar-refractivity contribution in [2.24, 2.45) is 0 Å². The highest BCUT2D eigenvalue weighted by atomic mass is 19.4. The number of rotatable bonds is 0. The number of halogens is 4. The quantitative estimate of drug-likeness (QED) is 0.492. The maximum absolute atomic E-state index is 12.5. The average molecular weight is 195 g/mol. The monoisotopic (exact) mass is 195 g/mol. The van der Waals surface area contributed by atoms with E-state index in [9.17, 15) is 17.6 Å². The van der Waals surface area contributed by atoms with Gasteiger partial charge in [-0.1, -0.05) is 0 Å². The van der Waals surface area contributed by atoms with E-state index in [0.29, 0.717) is 6.07 Å². The molecule has 0 aliphatic heterocycles. The molecular formula is C7H5F4NO. The van der Waals surface area contributed by atoms with Crippen LogP contribution < -0.4 is 5.73 Å². The summed E-state index contributed by atoms with van der Waals surface area (Å²) < 4.78 is 48.6. The van der Waals surface area contributed by atoms with Gasteiger partial charge in [-0.2, -0.15) is 13.2 Å². The van der Waals surface area contributed by atoms with Crippen LogP contribution in [0.5, 0.6) is 5.75 Å². The van der Waals surface area contributed by atoms with Gasteiger partial charge in [0.25, 0.3) is 0 Å². The van der Waals surface area contributed by atoms with E-state index in [1.165, 1.54) is 0 Å². The van der Waals surface area contributed by atoms with Gasteiger partial charge in [-0.15, -0.1) is 0 Å². The average Bonchev–Trinajstić information content (AvgIpc) is 1.94. The van der Waals surface area contributed by atoms with Gasteiger partial charge < -0.3 is 10.8 Å². The molecule has 0 aromatic heterocycles. The van der Waals surface area contributed by atoms with Gasteiger partial charge in [0, 0.05) is 11.8 Å². The Labute approximate surface area is 70.6 Å². The van der Waals surface area contributed by atoms with Crippen LogP contribution in [0.4, 0.5) is 23.2 Å². The van der Waals surface area contributed by atoms with Crippen LogP contribution in [-0.2, 0) is 6.18 Å². The van der Waals surface area contributed by atoms with Crippen LogP contribution in [0.3, 0.4) is 0 Å². The zero-order valence-electron chi connectivity index (χ0n) is 6.19. The molecule has 1 aromatic carbocycles. The molecule has 13 heavy (non-hydrogen) atoms. The first-order chi connectivity index (χ1) is 5.82. The van der Waals surface area contributed by atoms with Gasteiger partial charge in [-0.25, -0.2) is 4.39 Å². The summed E-state index contributed by atoms with van der Waals surface area (Å²) in [7, 11) is 0. The minimum absolute atomic E-state index is 0.157. The Hall–Kier alpha value is -1.46. The van der Waals surface area contributed by atoms with E-state index in [2.05, 4.69) is 0 Å². The minimum Gasteiger partial charge on any atom is -0.505 e. The Kier molecular flexibility index (Phi) is 2.07. The Bertz CT molecular complexity index is 334. The van der Waals surface area contributed by atoms with Gasteiger partial charge in [0.15, 0.2) is 11.6 Å². The molecule has 0 saturated carbocycles. The molecule has 0 unspecified atom stereocenters. The highest BCUT2D eigenvalue weighted by Crippen LogP contribution is 2.36. The molecule has 0 heterocycles. The Morgan fingerprint density at radius 3 is 2.23 bits per heavy atom. The lowest BCUT2D eigenvalue weighted by molar-refractivity contribution is -0.137. The molecule has 0 radical (unpaired) electrons. The largest absolute Gasteiger partial charge is 0.505 e. The molecule has 0 bridgehead atoms. The van der Waals surface area contributed by atoms with Gasteiger partial charge in [0.1, 0.15) is 0 Å². The molecule has 0 atom stereocenters. The first-order valence-corrected chi connectivity index (χ1v) is 3.17. The Morgan fingerprint density at radius 1 is 1.23 bits per heavy atom. The summed E-state index contributed by atoms with van der Waals surface area (Å²) in [5.74, 6) is -2.24. The van der Waals surface area contributed by atoms with E-state index in [4.69, 9.17) is 10.8 Å². The highest BCUT2D eigenvalue weighted by Gasteiger charge is 2.33. The maximum atomic E-state index is 12.5. The molecule has 3 N–H and O–H groups in total. The smallest absolute Gasteiger partial charge is 0.418 e. The maximum Gasteiger partial charge on any atom is 0.418 e. The van der Waals surface area contributed by atoms with E-state index in [-0.39, 0.29) is 6.07 Å². The summed E-state index contributed by atoms with van der Waals surface area (Å²) in [6, 6.07) is 0.683. The minimum atomic E-state index is -4.71. The van der Waals surface area contributed by atoms with Crippen molar-refractivity contribution in [3.05, 3.63) is 23.5 Å². The fraction of sp³-hybridized carbons (Fsp3) is 0.143. The first kappa shape index (κ1) is 9.63. The number of phenols is 1. The zero-order chi connectivity index (χ0) is 10.2. The van der Waals surface area contributed by atoms with Crippen molar-refractivity contribution >= 4 is 5.69 Å². The summed E-state index contributed by atoms with van der Waals surface area (Å²) in [5, 5.41) is 8.67. The van der Waals surface area contributed by atoms with Crippen LogP contribution in [0.15, 0.2) is 12.1 Å². The number of nitrogens with two attached hydrogens (primary N) is 1. The van der Waals surface area contributed by atoms with Crippen LogP contribution in [0.1, 0.15) is 5.56 Å². The number of nitrogen functional groups attached to an aromatic ring is 1. The highest BCUT2D eigenvalue weighted by molar-refractivity contribution is 5.52. The fourth-order valence-corrected chi connectivity index (χ4v) is 0.823. The second-order valence-electron chi connectivity index (χ2n) is 2.39. The van der Waals surface area contributed by atoms with E-state index in [1.54, 1.807) is 0 Å². The third kappa shape index (κ3) is 1.82. The van der Waals surface area contributed by atoms with Crippen LogP contribution in [0.2, 0.25) is 0 Å². The van der Waals surface area contributed by atoms with Crippen molar-refractivity contribution in [1.82, 2.24) is 0 Å². The Balaban J connectivity index is 3.32. The molecule has 0 spiro atoms.